The van der Waals surface area contributed by atoms with E-state index in [1.807, 2.05) is 13.0 Å². The van der Waals surface area contributed by atoms with Gasteiger partial charge in [0.25, 0.3) is 5.91 Å². The molecule has 0 heterocycles. The summed E-state index contributed by atoms with van der Waals surface area (Å²) in [5, 5.41) is 3.23. The van der Waals surface area contributed by atoms with E-state index >= 15 is 0 Å². The van der Waals surface area contributed by atoms with Crippen molar-refractivity contribution in [2.75, 3.05) is 0 Å². The standard InChI is InChI=1S/C21H27ClN2O4S/c1-14(2)24-29(26,27)13-18-8-6-5-7-17(18)12-23-21(25)16(4)28-20-11-15(3)9-10-19(20)22/h5-11,14,16,24H,12-13H2,1-4H3,(H,23,25). The highest BCUT2D eigenvalue weighted by molar-refractivity contribution is 7.88. The van der Waals surface area contributed by atoms with Crippen LogP contribution in [0.3, 0.4) is 0 Å². The number of carbonyl (C=O) groups is 1. The largest absolute Gasteiger partial charge is 0.479 e. The number of sulfonamides is 1. The molecule has 0 aliphatic heterocycles. The minimum absolute atomic E-state index is 0.151. The molecule has 0 radical (unpaired) electrons. The quantitative estimate of drug-likeness (QED) is 0.626. The molecular formula is C21H27ClN2O4S. The molecule has 158 valence electrons. The zero-order chi connectivity index (χ0) is 21.6. The number of benzene rings is 2. The molecule has 0 aliphatic carbocycles. The van der Waals surface area contributed by atoms with Crippen molar-refractivity contribution in [2.24, 2.45) is 0 Å². The lowest BCUT2D eigenvalue weighted by atomic mass is 10.1. The summed E-state index contributed by atoms with van der Waals surface area (Å²) in [4.78, 5) is 12.4. The summed E-state index contributed by atoms with van der Waals surface area (Å²) >= 11 is 6.12. The maximum Gasteiger partial charge on any atom is 0.261 e. The molecule has 0 spiro atoms. The number of halogens is 1. The number of aryl methyl sites for hydroxylation is 1. The van der Waals surface area contributed by atoms with E-state index in [0.29, 0.717) is 16.3 Å². The minimum atomic E-state index is -3.46. The van der Waals surface area contributed by atoms with Crippen LogP contribution in [0, 0.1) is 6.92 Å². The van der Waals surface area contributed by atoms with Crippen LogP contribution in [0.5, 0.6) is 5.75 Å². The topological polar surface area (TPSA) is 84.5 Å². The molecule has 2 N–H and O–H groups in total. The summed E-state index contributed by atoms with van der Waals surface area (Å²) in [6.07, 6.45) is -0.757. The maximum atomic E-state index is 12.4. The first-order valence-electron chi connectivity index (χ1n) is 9.34. The zero-order valence-electron chi connectivity index (χ0n) is 17.0. The second kappa shape index (κ2) is 10.1. The van der Waals surface area contributed by atoms with Crippen LogP contribution in [0.2, 0.25) is 5.02 Å². The van der Waals surface area contributed by atoms with Crippen molar-refractivity contribution in [3.63, 3.8) is 0 Å². The zero-order valence-corrected chi connectivity index (χ0v) is 18.6. The molecule has 0 saturated carbocycles. The molecule has 29 heavy (non-hydrogen) atoms. The number of rotatable bonds is 9. The maximum absolute atomic E-state index is 12.4. The predicted molar refractivity (Wildman–Crippen MR) is 115 cm³/mol. The average molecular weight is 439 g/mol. The number of amides is 1. The highest BCUT2D eigenvalue weighted by Crippen LogP contribution is 2.26. The number of nitrogens with one attached hydrogen (secondary N) is 2. The van der Waals surface area contributed by atoms with E-state index in [0.717, 1.165) is 11.1 Å². The smallest absolute Gasteiger partial charge is 0.261 e. The highest BCUT2D eigenvalue weighted by atomic mass is 35.5. The lowest BCUT2D eigenvalue weighted by Crippen LogP contribution is -2.36. The number of carbonyl (C=O) groups excluding carboxylic acids is 1. The van der Waals surface area contributed by atoms with Gasteiger partial charge in [-0.15, -0.1) is 0 Å². The summed E-state index contributed by atoms with van der Waals surface area (Å²) in [5.74, 6) is -0.0246. The molecule has 0 saturated heterocycles. The van der Waals surface area contributed by atoms with Crippen molar-refractivity contribution in [1.82, 2.24) is 10.0 Å². The Morgan fingerprint density at radius 3 is 2.41 bits per heavy atom. The fourth-order valence-electron chi connectivity index (χ4n) is 2.75. The van der Waals surface area contributed by atoms with Gasteiger partial charge in [-0.05, 0) is 56.5 Å². The molecule has 0 fully saturated rings. The molecule has 0 aromatic heterocycles. The van der Waals surface area contributed by atoms with E-state index in [1.54, 1.807) is 57.2 Å². The molecule has 2 aromatic carbocycles. The lowest BCUT2D eigenvalue weighted by Gasteiger charge is -2.17. The fourth-order valence-corrected chi connectivity index (χ4v) is 4.40. The van der Waals surface area contributed by atoms with Gasteiger partial charge in [0.05, 0.1) is 10.8 Å². The Morgan fingerprint density at radius 2 is 1.76 bits per heavy atom. The second-order valence-corrected chi connectivity index (χ2v) is 9.37. The first-order valence-corrected chi connectivity index (χ1v) is 11.4. The molecule has 0 aliphatic rings. The Kier molecular flexibility index (Phi) is 8.07. The lowest BCUT2D eigenvalue weighted by molar-refractivity contribution is -0.127. The van der Waals surface area contributed by atoms with E-state index in [-0.39, 0.29) is 24.2 Å². The Bertz CT molecular complexity index is 961. The van der Waals surface area contributed by atoms with E-state index < -0.39 is 16.1 Å². The van der Waals surface area contributed by atoms with Gasteiger partial charge in [-0.2, -0.15) is 0 Å². The van der Waals surface area contributed by atoms with Gasteiger partial charge in [-0.1, -0.05) is 41.9 Å². The number of hydrogen-bond acceptors (Lipinski definition) is 4. The summed E-state index contributed by atoms with van der Waals surface area (Å²) < 4.78 is 32.7. The summed E-state index contributed by atoms with van der Waals surface area (Å²) in [5.41, 5.74) is 2.34. The van der Waals surface area contributed by atoms with Crippen LogP contribution in [0.4, 0.5) is 0 Å². The van der Waals surface area contributed by atoms with Gasteiger partial charge in [0.1, 0.15) is 5.75 Å². The van der Waals surface area contributed by atoms with Crippen LogP contribution in [0.1, 0.15) is 37.5 Å². The Morgan fingerprint density at radius 1 is 1.10 bits per heavy atom. The monoisotopic (exact) mass is 438 g/mol. The van der Waals surface area contributed by atoms with Crippen molar-refractivity contribution in [2.45, 2.75) is 52.1 Å². The van der Waals surface area contributed by atoms with Crippen molar-refractivity contribution >= 4 is 27.5 Å². The summed E-state index contributed by atoms with van der Waals surface area (Å²) in [6, 6.07) is 12.3. The van der Waals surface area contributed by atoms with Crippen molar-refractivity contribution in [1.29, 1.82) is 0 Å². The van der Waals surface area contributed by atoms with Gasteiger partial charge in [0.2, 0.25) is 10.0 Å². The van der Waals surface area contributed by atoms with Crippen molar-refractivity contribution < 1.29 is 17.9 Å². The average Bonchev–Trinajstić information content (AvgIpc) is 2.62. The Balaban J connectivity index is 2.02. The van der Waals surface area contributed by atoms with E-state index in [1.165, 1.54) is 0 Å². The first kappa shape index (κ1) is 23.2. The van der Waals surface area contributed by atoms with Crippen LogP contribution in [0.25, 0.3) is 0 Å². The van der Waals surface area contributed by atoms with E-state index in [4.69, 9.17) is 16.3 Å². The molecule has 2 aromatic rings. The molecule has 2 rings (SSSR count). The third kappa shape index (κ3) is 7.34. The van der Waals surface area contributed by atoms with Gasteiger partial charge in [0.15, 0.2) is 6.10 Å². The van der Waals surface area contributed by atoms with Crippen LogP contribution < -0.4 is 14.8 Å². The minimum Gasteiger partial charge on any atom is -0.479 e. The molecule has 8 heteroatoms. The van der Waals surface area contributed by atoms with Gasteiger partial charge in [-0.3, -0.25) is 4.79 Å². The molecule has 1 unspecified atom stereocenters. The van der Waals surface area contributed by atoms with Crippen LogP contribution in [-0.2, 0) is 27.1 Å². The second-order valence-electron chi connectivity index (χ2n) is 7.21. The molecule has 1 amide bonds. The normalized spacial score (nSPS) is 12.6. The van der Waals surface area contributed by atoms with Gasteiger partial charge < -0.3 is 10.1 Å². The van der Waals surface area contributed by atoms with Gasteiger partial charge >= 0.3 is 0 Å². The first-order chi connectivity index (χ1) is 13.6. The molecule has 6 nitrogen and oxygen atoms in total. The third-order valence-corrected chi connectivity index (χ3v) is 5.93. The third-order valence-electron chi connectivity index (χ3n) is 4.09. The van der Waals surface area contributed by atoms with Gasteiger partial charge in [-0.25, -0.2) is 13.1 Å². The summed E-state index contributed by atoms with van der Waals surface area (Å²) in [6.45, 7) is 7.28. The number of ether oxygens (including phenoxy) is 1. The molecule has 0 bridgehead atoms. The van der Waals surface area contributed by atoms with Crippen LogP contribution in [0.15, 0.2) is 42.5 Å². The Hall–Kier alpha value is -2.09. The highest BCUT2D eigenvalue weighted by Gasteiger charge is 2.18. The Labute approximate surface area is 177 Å². The predicted octanol–water partition coefficient (Wildman–Crippen LogP) is 3.56. The fraction of sp³-hybridized carbons (Fsp3) is 0.381. The SMILES string of the molecule is Cc1ccc(Cl)c(OC(C)C(=O)NCc2ccccc2CS(=O)(=O)NC(C)C)c1. The van der Waals surface area contributed by atoms with Crippen LogP contribution >= 0.6 is 11.6 Å². The van der Waals surface area contributed by atoms with Crippen LogP contribution in [-0.4, -0.2) is 26.5 Å². The van der Waals surface area contributed by atoms with Gasteiger partial charge in [0, 0.05) is 12.6 Å². The van der Waals surface area contributed by atoms with Crippen molar-refractivity contribution in [3.8, 4) is 5.75 Å². The van der Waals surface area contributed by atoms with E-state index in [2.05, 4.69) is 10.0 Å². The summed E-state index contributed by atoms with van der Waals surface area (Å²) in [7, 11) is -3.46. The molecule has 1 atom stereocenters. The van der Waals surface area contributed by atoms with E-state index in [9.17, 15) is 13.2 Å². The number of hydrogen-bond donors (Lipinski definition) is 2. The van der Waals surface area contributed by atoms with Crippen molar-refractivity contribution in [3.05, 3.63) is 64.2 Å². The molecular weight excluding hydrogens is 412 g/mol.